The van der Waals surface area contributed by atoms with Crippen molar-refractivity contribution in [3.05, 3.63) is 24.0 Å². The van der Waals surface area contributed by atoms with Crippen LogP contribution in [-0.4, -0.2) is 10.9 Å². The zero-order valence-electron chi connectivity index (χ0n) is 9.21. The van der Waals surface area contributed by atoms with Crippen molar-refractivity contribution in [1.29, 1.82) is 0 Å². The van der Waals surface area contributed by atoms with Gasteiger partial charge in [0.2, 0.25) is 0 Å². The van der Waals surface area contributed by atoms with Crippen LogP contribution in [0.5, 0.6) is 0 Å². The topological polar surface area (TPSA) is 3.24 Å². The van der Waals surface area contributed by atoms with Crippen molar-refractivity contribution in [3.8, 4) is 0 Å². The summed E-state index contributed by atoms with van der Waals surface area (Å²) in [5, 5.41) is 0. The Kier molecular flexibility index (Phi) is 3.28. The fraction of sp³-hybridized carbons (Fsp3) is 0.692. The minimum atomic E-state index is 0.798. The van der Waals surface area contributed by atoms with Gasteiger partial charge in [0.15, 0.2) is 0 Å². The lowest BCUT2D eigenvalue weighted by Gasteiger charge is -2.36. The first-order valence-corrected chi connectivity index (χ1v) is 6.06. The molecule has 1 heterocycles. The highest BCUT2D eigenvalue weighted by atomic mass is 15.2. The molecule has 14 heavy (non-hydrogen) atoms. The smallest absolute Gasteiger partial charge is 0.0333 e. The molecule has 0 aromatic rings. The third-order valence-corrected chi connectivity index (χ3v) is 3.42. The molecule has 1 saturated carbocycles. The molecule has 1 nitrogen and oxygen atoms in total. The monoisotopic (exact) mass is 191 g/mol. The van der Waals surface area contributed by atoms with Crippen LogP contribution in [0.1, 0.15) is 51.9 Å². The van der Waals surface area contributed by atoms with Crippen LogP contribution in [0.15, 0.2) is 24.0 Å². The predicted octanol–water partition coefficient (Wildman–Crippen LogP) is 3.83. The largest absolute Gasteiger partial charge is 0.349 e. The summed E-state index contributed by atoms with van der Waals surface area (Å²) in [5.41, 5.74) is 1.54. The summed E-state index contributed by atoms with van der Waals surface area (Å²) < 4.78 is 0. The number of nitrogens with zero attached hydrogens (tertiary/aromatic N) is 1. The highest BCUT2D eigenvalue weighted by Crippen LogP contribution is 2.28. The molecule has 0 unspecified atom stereocenters. The minimum absolute atomic E-state index is 0.798. The molecule has 2 aliphatic rings. The van der Waals surface area contributed by atoms with Crippen LogP contribution in [0.3, 0.4) is 0 Å². The summed E-state index contributed by atoms with van der Waals surface area (Å²) >= 11 is 0. The number of hydrogen-bond acceptors (Lipinski definition) is 1. The third kappa shape index (κ3) is 2.02. The normalized spacial score (nSPS) is 23.8. The molecule has 0 aromatic carbocycles. The molecule has 0 radical (unpaired) electrons. The van der Waals surface area contributed by atoms with Gasteiger partial charge < -0.3 is 4.90 Å². The van der Waals surface area contributed by atoms with Crippen LogP contribution >= 0.6 is 0 Å². The van der Waals surface area contributed by atoms with Gasteiger partial charge in [0.25, 0.3) is 0 Å². The summed E-state index contributed by atoms with van der Waals surface area (Å²) in [4.78, 5) is 2.53. The molecular formula is C13H21N. The SMILES string of the molecule is CCC1=CCC=CN1C1CCCCC1. The molecule has 1 heteroatoms. The van der Waals surface area contributed by atoms with Gasteiger partial charge in [-0.25, -0.2) is 0 Å². The maximum absolute atomic E-state index is 2.53. The van der Waals surface area contributed by atoms with Crippen LogP contribution in [0.2, 0.25) is 0 Å². The van der Waals surface area contributed by atoms with Crippen molar-refractivity contribution in [2.24, 2.45) is 0 Å². The summed E-state index contributed by atoms with van der Waals surface area (Å²) in [6.07, 6.45) is 16.4. The van der Waals surface area contributed by atoms with E-state index in [0.717, 1.165) is 12.5 Å². The van der Waals surface area contributed by atoms with E-state index in [1.54, 1.807) is 5.70 Å². The van der Waals surface area contributed by atoms with E-state index in [0.29, 0.717) is 0 Å². The average Bonchev–Trinajstić information content (AvgIpc) is 2.30. The van der Waals surface area contributed by atoms with E-state index in [1.807, 2.05) is 0 Å². The Bertz CT molecular complexity index is 234. The van der Waals surface area contributed by atoms with Gasteiger partial charge in [-0.05, 0) is 25.7 Å². The van der Waals surface area contributed by atoms with Crippen molar-refractivity contribution in [2.45, 2.75) is 57.9 Å². The van der Waals surface area contributed by atoms with Gasteiger partial charge in [0, 0.05) is 17.9 Å². The number of hydrogen-bond donors (Lipinski definition) is 0. The van der Waals surface area contributed by atoms with Crippen molar-refractivity contribution in [1.82, 2.24) is 4.90 Å². The van der Waals surface area contributed by atoms with Gasteiger partial charge in [0.1, 0.15) is 0 Å². The van der Waals surface area contributed by atoms with Gasteiger partial charge in [0.05, 0.1) is 0 Å². The maximum atomic E-state index is 2.53. The zero-order chi connectivity index (χ0) is 9.80. The van der Waals surface area contributed by atoms with E-state index in [4.69, 9.17) is 0 Å². The quantitative estimate of drug-likeness (QED) is 0.641. The Hall–Kier alpha value is -0.720. The first-order chi connectivity index (χ1) is 6.92. The standard InChI is InChI=1S/C13H21N/c1-2-12-8-6-7-11-14(12)13-9-4-3-5-10-13/h7-8,11,13H,2-6,9-10H2,1H3. The molecule has 0 aromatic heterocycles. The second-order valence-corrected chi connectivity index (χ2v) is 4.37. The lowest BCUT2D eigenvalue weighted by molar-refractivity contribution is 0.252. The van der Waals surface area contributed by atoms with Crippen LogP contribution < -0.4 is 0 Å². The van der Waals surface area contributed by atoms with Crippen LogP contribution in [0.25, 0.3) is 0 Å². The molecule has 0 atom stereocenters. The van der Waals surface area contributed by atoms with Crippen molar-refractivity contribution < 1.29 is 0 Å². The summed E-state index contributed by atoms with van der Waals surface area (Å²) in [7, 11) is 0. The highest BCUT2D eigenvalue weighted by Gasteiger charge is 2.21. The van der Waals surface area contributed by atoms with Gasteiger partial charge in [-0.3, -0.25) is 0 Å². The molecule has 0 bridgehead atoms. The van der Waals surface area contributed by atoms with Crippen LogP contribution in [-0.2, 0) is 0 Å². The Balaban J connectivity index is 2.03. The molecule has 0 spiro atoms. The highest BCUT2D eigenvalue weighted by molar-refractivity contribution is 5.14. The Labute approximate surface area is 87.5 Å². The number of rotatable bonds is 2. The van der Waals surface area contributed by atoms with E-state index in [1.165, 1.54) is 38.5 Å². The second kappa shape index (κ2) is 4.68. The maximum Gasteiger partial charge on any atom is 0.0333 e. The number of allylic oxidation sites excluding steroid dienone is 3. The summed E-state index contributed by atoms with van der Waals surface area (Å²) in [5.74, 6) is 0. The molecule has 1 fully saturated rings. The van der Waals surface area contributed by atoms with Crippen molar-refractivity contribution in [2.75, 3.05) is 0 Å². The van der Waals surface area contributed by atoms with Crippen molar-refractivity contribution >= 4 is 0 Å². The minimum Gasteiger partial charge on any atom is -0.349 e. The fourth-order valence-corrected chi connectivity index (χ4v) is 2.62. The molecule has 0 amide bonds. The van der Waals surface area contributed by atoms with Crippen molar-refractivity contribution in [3.63, 3.8) is 0 Å². The van der Waals surface area contributed by atoms with Gasteiger partial charge in [-0.15, -0.1) is 0 Å². The fourth-order valence-electron chi connectivity index (χ4n) is 2.62. The third-order valence-electron chi connectivity index (χ3n) is 3.42. The second-order valence-electron chi connectivity index (χ2n) is 4.37. The molecule has 1 aliphatic carbocycles. The summed E-state index contributed by atoms with van der Waals surface area (Å²) in [6.45, 7) is 2.26. The predicted molar refractivity (Wildman–Crippen MR) is 60.8 cm³/mol. The van der Waals surface area contributed by atoms with E-state index >= 15 is 0 Å². The molecule has 2 rings (SSSR count). The first-order valence-electron chi connectivity index (χ1n) is 6.06. The van der Waals surface area contributed by atoms with Crippen LogP contribution in [0.4, 0.5) is 0 Å². The molecule has 0 saturated heterocycles. The zero-order valence-corrected chi connectivity index (χ0v) is 9.21. The van der Waals surface area contributed by atoms with E-state index in [-0.39, 0.29) is 0 Å². The first kappa shape index (κ1) is 9.82. The lowest BCUT2D eigenvalue weighted by atomic mass is 9.93. The van der Waals surface area contributed by atoms with Crippen LogP contribution in [0, 0.1) is 0 Å². The Morgan fingerprint density at radius 3 is 2.79 bits per heavy atom. The molecular weight excluding hydrogens is 170 g/mol. The Morgan fingerprint density at radius 2 is 2.07 bits per heavy atom. The van der Waals surface area contributed by atoms with Gasteiger partial charge in [-0.2, -0.15) is 0 Å². The molecule has 78 valence electrons. The van der Waals surface area contributed by atoms with E-state index in [9.17, 15) is 0 Å². The molecule has 1 aliphatic heterocycles. The summed E-state index contributed by atoms with van der Waals surface area (Å²) in [6, 6.07) is 0.798. The van der Waals surface area contributed by atoms with E-state index < -0.39 is 0 Å². The average molecular weight is 191 g/mol. The van der Waals surface area contributed by atoms with E-state index in [2.05, 4.69) is 30.2 Å². The Morgan fingerprint density at radius 1 is 1.29 bits per heavy atom. The van der Waals surface area contributed by atoms with Gasteiger partial charge in [-0.1, -0.05) is 38.3 Å². The van der Waals surface area contributed by atoms with Gasteiger partial charge >= 0.3 is 0 Å². The molecule has 0 N–H and O–H groups in total. The lowest BCUT2D eigenvalue weighted by Crippen LogP contribution is -2.32.